The van der Waals surface area contributed by atoms with Crippen molar-refractivity contribution in [3.8, 4) is 11.6 Å². The van der Waals surface area contributed by atoms with Crippen LogP contribution in [-0.2, 0) is 0 Å². The highest BCUT2D eigenvalue weighted by atomic mass is 16.5. The maximum absolute atomic E-state index is 13.0. The normalized spacial score (nSPS) is 27.7. The molecule has 1 aromatic carbocycles. The molecule has 0 saturated heterocycles. The first kappa shape index (κ1) is 27.4. The summed E-state index contributed by atoms with van der Waals surface area (Å²) in [6.45, 7) is 0. The average Bonchev–Trinajstić information content (AvgIpc) is 3.17. The van der Waals surface area contributed by atoms with E-state index in [2.05, 4.69) is 10.3 Å². The molecule has 5 rings (SSSR count). The van der Waals surface area contributed by atoms with Crippen LogP contribution in [-0.4, -0.2) is 51.7 Å². The fourth-order valence-electron chi connectivity index (χ4n) is 6.78. The Hall–Kier alpha value is -3.13. The van der Waals surface area contributed by atoms with Gasteiger partial charge < -0.3 is 25.8 Å². The highest BCUT2D eigenvalue weighted by Crippen LogP contribution is 2.42. The molecule has 3 aliphatic rings. The standard InChI is InChI=1S/C31H43N5O3/c1-36-29(38)31(35-30(36)32,18-17-22-9-4-2-5-10-22)20-23-11-8-12-25(19-23)34-28(37)24-15-16-27(33-21-24)39-26-13-6-3-7-14-26/h3,6-7,13-16,21-23,25,29,38H,2,4-5,8-12,17-20H2,1H3,(H2,32,35)(H,34,37)/t23-,25+,29?,31+/m0/s1. The van der Waals surface area contributed by atoms with E-state index in [-0.39, 0.29) is 11.9 Å². The molecule has 2 saturated carbocycles. The quantitative estimate of drug-likeness (QED) is 0.407. The highest BCUT2D eigenvalue weighted by Gasteiger charge is 2.47. The van der Waals surface area contributed by atoms with Crippen molar-refractivity contribution in [3.05, 3.63) is 54.2 Å². The zero-order chi connectivity index (χ0) is 27.2. The number of likely N-dealkylation sites (N-methyl/N-ethyl adjacent to an activating group) is 1. The number of pyridine rings is 1. The Morgan fingerprint density at radius 3 is 2.54 bits per heavy atom. The van der Waals surface area contributed by atoms with Gasteiger partial charge in [0.15, 0.2) is 12.2 Å². The third kappa shape index (κ3) is 6.72. The summed E-state index contributed by atoms with van der Waals surface area (Å²) >= 11 is 0. The van der Waals surface area contributed by atoms with E-state index in [1.165, 1.54) is 32.1 Å². The number of hydrogen-bond acceptors (Lipinski definition) is 7. The van der Waals surface area contributed by atoms with E-state index >= 15 is 0 Å². The topological polar surface area (TPSA) is 113 Å². The minimum absolute atomic E-state index is 0.0875. The van der Waals surface area contributed by atoms with Crippen molar-refractivity contribution in [2.24, 2.45) is 22.6 Å². The number of aliphatic hydroxyl groups excluding tert-OH is 1. The number of guanidine groups is 1. The summed E-state index contributed by atoms with van der Waals surface area (Å²) in [4.78, 5) is 24.0. The second kappa shape index (κ2) is 12.4. The number of carbonyl (C=O) groups excluding carboxylic acids is 1. The molecular formula is C31H43N5O3. The molecule has 4 atom stereocenters. The molecule has 0 radical (unpaired) electrons. The van der Waals surface area contributed by atoms with Crippen LogP contribution >= 0.6 is 0 Å². The Balaban J connectivity index is 1.18. The summed E-state index contributed by atoms with van der Waals surface area (Å²) in [5.41, 5.74) is 6.17. The fraction of sp³-hybridized carbons (Fsp3) is 0.581. The second-order valence-electron chi connectivity index (χ2n) is 11.8. The zero-order valence-electron chi connectivity index (χ0n) is 23.1. The number of nitrogens with zero attached hydrogens (tertiary/aromatic N) is 3. The molecule has 1 unspecified atom stereocenters. The molecular weight excluding hydrogens is 490 g/mol. The van der Waals surface area contributed by atoms with Gasteiger partial charge >= 0.3 is 0 Å². The lowest BCUT2D eigenvalue weighted by Gasteiger charge is -2.39. The molecule has 2 aliphatic carbocycles. The van der Waals surface area contributed by atoms with Gasteiger partial charge in [-0.2, -0.15) is 0 Å². The van der Waals surface area contributed by atoms with Crippen LogP contribution in [0, 0.1) is 11.8 Å². The van der Waals surface area contributed by atoms with Gasteiger partial charge in [0, 0.05) is 25.4 Å². The number of ether oxygens (including phenoxy) is 1. The monoisotopic (exact) mass is 533 g/mol. The van der Waals surface area contributed by atoms with Crippen LogP contribution in [0.3, 0.4) is 0 Å². The number of aliphatic imine (C=N–C) groups is 1. The van der Waals surface area contributed by atoms with Gasteiger partial charge in [0.2, 0.25) is 5.88 Å². The third-order valence-corrected chi connectivity index (χ3v) is 8.98. The van der Waals surface area contributed by atoms with Crippen LogP contribution < -0.4 is 15.8 Å². The molecule has 0 bridgehead atoms. The molecule has 0 spiro atoms. The molecule has 8 heteroatoms. The van der Waals surface area contributed by atoms with Crippen molar-refractivity contribution in [3.63, 3.8) is 0 Å². The van der Waals surface area contributed by atoms with E-state index < -0.39 is 11.8 Å². The summed E-state index contributed by atoms with van der Waals surface area (Å²) in [5, 5.41) is 14.5. The smallest absolute Gasteiger partial charge is 0.253 e. The van der Waals surface area contributed by atoms with Gasteiger partial charge in [-0.25, -0.2) is 9.98 Å². The molecule has 1 aromatic heterocycles. The van der Waals surface area contributed by atoms with Crippen molar-refractivity contribution in [2.75, 3.05) is 7.05 Å². The Labute approximate surface area is 232 Å². The molecule has 8 nitrogen and oxygen atoms in total. The van der Waals surface area contributed by atoms with Gasteiger partial charge in [-0.15, -0.1) is 0 Å². The average molecular weight is 534 g/mol. The number of amides is 1. The van der Waals surface area contributed by atoms with E-state index in [0.717, 1.165) is 50.9 Å². The lowest BCUT2D eigenvalue weighted by Crippen LogP contribution is -2.48. The Bertz CT molecular complexity index is 1120. The molecule has 1 aliphatic heterocycles. The van der Waals surface area contributed by atoms with Gasteiger partial charge in [-0.1, -0.05) is 63.1 Å². The number of para-hydroxylation sites is 1. The predicted molar refractivity (Wildman–Crippen MR) is 153 cm³/mol. The summed E-state index contributed by atoms with van der Waals surface area (Å²) in [5.74, 6) is 2.56. The van der Waals surface area contributed by atoms with E-state index in [1.54, 1.807) is 23.2 Å². The minimum Gasteiger partial charge on any atom is -0.439 e. The van der Waals surface area contributed by atoms with Crippen LogP contribution in [0.1, 0.15) is 87.4 Å². The first-order valence-corrected chi connectivity index (χ1v) is 14.7. The van der Waals surface area contributed by atoms with Crippen molar-refractivity contribution in [2.45, 2.75) is 94.9 Å². The zero-order valence-corrected chi connectivity index (χ0v) is 23.1. The van der Waals surface area contributed by atoms with Gasteiger partial charge in [-0.3, -0.25) is 4.79 Å². The molecule has 2 heterocycles. The van der Waals surface area contributed by atoms with Crippen LogP contribution in [0.15, 0.2) is 53.7 Å². The van der Waals surface area contributed by atoms with Crippen LogP contribution in [0.25, 0.3) is 0 Å². The summed E-state index contributed by atoms with van der Waals surface area (Å²) in [7, 11) is 1.83. The molecule has 1 amide bonds. The molecule has 210 valence electrons. The van der Waals surface area contributed by atoms with Gasteiger partial charge in [0.25, 0.3) is 5.91 Å². The highest BCUT2D eigenvalue weighted by molar-refractivity contribution is 5.94. The van der Waals surface area contributed by atoms with Crippen LogP contribution in [0.4, 0.5) is 0 Å². The van der Waals surface area contributed by atoms with Crippen LogP contribution in [0.5, 0.6) is 11.6 Å². The van der Waals surface area contributed by atoms with E-state index in [0.29, 0.717) is 29.1 Å². The predicted octanol–water partition coefficient (Wildman–Crippen LogP) is 5.23. The molecule has 2 fully saturated rings. The Morgan fingerprint density at radius 1 is 1.08 bits per heavy atom. The van der Waals surface area contributed by atoms with Crippen molar-refractivity contribution >= 4 is 11.9 Å². The lowest BCUT2D eigenvalue weighted by atomic mass is 9.73. The minimum atomic E-state index is -0.696. The molecule has 4 N–H and O–H groups in total. The number of hydrogen-bond donors (Lipinski definition) is 3. The number of rotatable bonds is 9. The van der Waals surface area contributed by atoms with Gasteiger partial charge in [0.05, 0.1) is 5.56 Å². The van der Waals surface area contributed by atoms with E-state index in [9.17, 15) is 9.90 Å². The fourth-order valence-corrected chi connectivity index (χ4v) is 6.78. The number of aromatic nitrogens is 1. The van der Waals surface area contributed by atoms with Crippen LogP contribution in [0.2, 0.25) is 0 Å². The van der Waals surface area contributed by atoms with Gasteiger partial charge in [-0.05, 0) is 62.1 Å². The Morgan fingerprint density at radius 2 is 1.85 bits per heavy atom. The van der Waals surface area contributed by atoms with Crippen molar-refractivity contribution in [1.29, 1.82) is 0 Å². The maximum atomic E-state index is 13.0. The summed E-state index contributed by atoms with van der Waals surface area (Å²) in [6.07, 6.45) is 14.1. The van der Waals surface area contributed by atoms with E-state index in [1.807, 2.05) is 37.4 Å². The second-order valence-corrected chi connectivity index (χ2v) is 11.8. The number of nitrogens with one attached hydrogen (secondary N) is 1. The summed E-state index contributed by atoms with van der Waals surface area (Å²) < 4.78 is 5.75. The Kier molecular flexibility index (Phi) is 8.70. The van der Waals surface area contributed by atoms with Gasteiger partial charge in [0.1, 0.15) is 11.3 Å². The first-order chi connectivity index (χ1) is 18.9. The number of nitrogens with two attached hydrogens (primary N) is 1. The summed E-state index contributed by atoms with van der Waals surface area (Å²) in [6, 6.07) is 13.0. The number of benzene rings is 1. The largest absolute Gasteiger partial charge is 0.439 e. The lowest BCUT2D eigenvalue weighted by molar-refractivity contribution is -0.00420. The number of aliphatic hydroxyl groups is 1. The maximum Gasteiger partial charge on any atom is 0.253 e. The SMILES string of the molecule is CN1C(N)=N[C@](CCC2CCCCC2)(C[C@H]2CCC[C@@H](NC(=O)c3ccc(Oc4ccccc4)nc3)C2)C1O. The molecule has 39 heavy (non-hydrogen) atoms. The van der Waals surface area contributed by atoms with E-state index in [4.69, 9.17) is 15.5 Å². The third-order valence-electron chi connectivity index (χ3n) is 8.98. The van der Waals surface area contributed by atoms with Crippen molar-refractivity contribution in [1.82, 2.24) is 15.2 Å². The van der Waals surface area contributed by atoms with Crippen molar-refractivity contribution < 1.29 is 14.6 Å². The molecule has 2 aromatic rings. The first-order valence-electron chi connectivity index (χ1n) is 14.7. The number of carbonyl (C=O) groups is 1.